The summed E-state index contributed by atoms with van der Waals surface area (Å²) in [7, 11) is 6.15. The number of carbonyl (C=O) groups excluding carboxylic acids is 1. The molecule has 0 radical (unpaired) electrons. The number of amides is 1. The Morgan fingerprint density at radius 1 is 1.17 bits per heavy atom. The van der Waals surface area contributed by atoms with Gasteiger partial charge < -0.3 is 24.5 Å². The van der Waals surface area contributed by atoms with Crippen LogP contribution in [-0.4, -0.2) is 47.5 Å². The van der Waals surface area contributed by atoms with Crippen LogP contribution < -0.4 is 25.1 Å². The first kappa shape index (κ1) is 20.6. The molecule has 29 heavy (non-hydrogen) atoms. The fraction of sp³-hybridized carbons (Fsp3) is 0.316. The SMILES string of the molecule is COc1cc(NC(=O)CSc2nc3cc(C)[nH]c3c(=O)n2C)cc(OC)c1OC. The summed E-state index contributed by atoms with van der Waals surface area (Å²) < 4.78 is 17.3. The number of fused-ring (bicyclic) bond motifs is 1. The molecule has 0 saturated heterocycles. The molecule has 0 unspecified atom stereocenters. The van der Waals surface area contributed by atoms with Gasteiger partial charge >= 0.3 is 0 Å². The molecule has 2 heterocycles. The van der Waals surface area contributed by atoms with Gasteiger partial charge in [0.2, 0.25) is 11.7 Å². The van der Waals surface area contributed by atoms with E-state index in [-0.39, 0.29) is 17.2 Å². The summed E-state index contributed by atoms with van der Waals surface area (Å²) in [4.78, 5) is 32.4. The maximum atomic E-state index is 12.4. The van der Waals surface area contributed by atoms with Gasteiger partial charge in [-0.2, -0.15) is 0 Å². The molecule has 0 atom stereocenters. The molecule has 2 N–H and O–H groups in total. The number of nitrogens with one attached hydrogen (secondary N) is 2. The zero-order valence-corrected chi connectivity index (χ0v) is 17.6. The first-order valence-corrected chi connectivity index (χ1v) is 9.65. The molecule has 0 saturated carbocycles. The normalized spacial score (nSPS) is 10.8. The third-order valence-electron chi connectivity index (χ3n) is 4.23. The first-order chi connectivity index (χ1) is 13.9. The van der Waals surface area contributed by atoms with E-state index in [1.165, 1.54) is 37.7 Å². The quantitative estimate of drug-likeness (QED) is 0.448. The van der Waals surface area contributed by atoms with Crippen molar-refractivity contribution in [1.29, 1.82) is 0 Å². The molecule has 1 amide bonds. The highest BCUT2D eigenvalue weighted by atomic mass is 32.2. The molecule has 0 aliphatic carbocycles. The van der Waals surface area contributed by atoms with Gasteiger partial charge in [-0.15, -0.1) is 0 Å². The van der Waals surface area contributed by atoms with Gasteiger partial charge in [0.1, 0.15) is 5.52 Å². The highest BCUT2D eigenvalue weighted by Crippen LogP contribution is 2.39. The number of aryl methyl sites for hydroxylation is 1. The number of aromatic amines is 1. The Labute approximate surface area is 171 Å². The van der Waals surface area contributed by atoms with Crippen molar-refractivity contribution in [3.63, 3.8) is 0 Å². The number of hydrogen-bond acceptors (Lipinski definition) is 7. The number of aromatic nitrogens is 3. The van der Waals surface area contributed by atoms with E-state index in [2.05, 4.69) is 15.3 Å². The van der Waals surface area contributed by atoms with E-state index in [1.54, 1.807) is 25.2 Å². The number of carbonyl (C=O) groups is 1. The van der Waals surface area contributed by atoms with Gasteiger partial charge in [0.05, 0.1) is 32.6 Å². The summed E-state index contributed by atoms with van der Waals surface area (Å²) in [5, 5.41) is 3.25. The van der Waals surface area contributed by atoms with Gasteiger partial charge in [0, 0.05) is 30.6 Å². The number of anilines is 1. The van der Waals surface area contributed by atoms with Crippen LogP contribution in [0.15, 0.2) is 28.2 Å². The lowest BCUT2D eigenvalue weighted by Crippen LogP contribution is -2.21. The van der Waals surface area contributed by atoms with Crippen LogP contribution in [0, 0.1) is 6.92 Å². The number of hydrogen-bond donors (Lipinski definition) is 2. The molecule has 0 spiro atoms. The molecular weight excluding hydrogens is 396 g/mol. The Bertz CT molecular complexity index is 1100. The molecule has 0 bridgehead atoms. The largest absolute Gasteiger partial charge is 0.493 e. The van der Waals surface area contributed by atoms with Crippen molar-refractivity contribution in [2.24, 2.45) is 7.05 Å². The zero-order valence-electron chi connectivity index (χ0n) is 16.8. The van der Waals surface area contributed by atoms with Crippen LogP contribution in [0.4, 0.5) is 5.69 Å². The maximum Gasteiger partial charge on any atom is 0.278 e. The minimum absolute atomic E-state index is 0.0752. The Morgan fingerprint density at radius 2 is 1.83 bits per heavy atom. The van der Waals surface area contributed by atoms with E-state index in [9.17, 15) is 9.59 Å². The second kappa shape index (κ2) is 8.48. The minimum Gasteiger partial charge on any atom is -0.493 e. The predicted molar refractivity (Wildman–Crippen MR) is 112 cm³/mol. The first-order valence-electron chi connectivity index (χ1n) is 8.67. The molecule has 0 aliphatic rings. The van der Waals surface area contributed by atoms with E-state index in [4.69, 9.17) is 14.2 Å². The Balaban J connectivity index is 1.76. The molecule has 2 aromatic heterocycles. The molecule has 10 heteroatoms. The average Bonchev–Trinajstić information content (AvgIpc) is 3.09. The summed E-state index contributed by atoms with van der Waals surface area (Å²) >= 11 is 1.18. The van der Waals surface area contributed by atoms with Crippen LogP contribution in [0.1, 0.15) is 5.69 Å². The minimum atomic E-state index is -0.260. The molecule has 0 aliphatic heterocycles. The van der Waals surface area contributed by atoms with Crippen molar-refractivity contribution in [3.8, 4) is 17.2 Å². The fourth-order valence-corrected chi connectivity index (χ4v) is 3.64. The number of ether oxygens (including phenoxy) is 3. The molecule has 3 rings (SSSR count). The molecule has 3 aromatic rings. The van der Waals surface area contributed by atoms with Gasteiger partial charge in [0.25, 0.3) is 5.56 Å². The van der Waals surface area contributed by atoms with Gasteiger partial charge in [-0.1, -0.05) is 11.8 Å². The van der Waals surface area contributed by atoms with E-state index in [0.29, 0.717) is 39.1 Å². The monoisotopic (exact) mass is 418 g/mol. The summed E-state index contributed by atoms with van der Waals surface area (Å²) in [5.41, 5.74) is 2.21. The molecule has 154 valence electrons. The summed E-state index contributed by atoms with van der Waals surface area (Å²) in [5.74, 6) is 1.13. The number of thioether (sulfide) groups is 1. The van der Waals surface area contributed by atoms with Crippen molar-refractivity contribution in [1.82, 2.24) is 14.5 Å². The highest BCUT2D eigenvalue weighted by molar-refractivity contribution is 7.99. The lowest BCUT2D eigenvalue weighted by Gasteiger charge is -2.14. The molecule has 0 fully saturated rings. The molecular formula is C19H22N4O5S. The summed E-state index contributed by atoms with van der Waals surface area (Å²) in [6.07, 6.45) is 0. The van der Waals surface area contributed by atoms with Crippen molar-refractivity contribution in [3.05, 3.63) is 34.2 Å². The van der Waals surface area contributed by atoms with Crippen LogP contribution in [0.25, 0.3) is 11.0 Å². The van der Waals surface area contributed by atoms with Crippen LogP contribution in [0.5, 0.6) is 17.2 Å². The van der Waals surface area contributed by atoms with Crippen LogP contribution in [0.2, 0.25) is 0 Å². The standard InChI is InChI=1S/C19H22N4O5S/c1-10-6-12-16(20-10)18(25)23(2)19(22-12)29-9-15(24)21-11-7-13(26-3)17(28-5)14(8-11)27-4/h6-8,20H,9H2,1-5H3,(H,21,24). The lowest BCUT2D eigenvalue weighted by atomic mass is 10.2. The van der Waals surface area contributed by atoms with Gasteiger partial charge in [-0.25, -0.2) is 4.98 Å². The van der Waals surface area contributed by atoms with Crippen LogP contribution in [0.3, 0.4) is 0 Å². The maximum absolute atomic E-state index is 12.4. The van der Waals surface area contributed by atoms with Crippen LogP contribution in [-0.2, 0) is 11.8 Å². The van der Waals surface area contributed by atoms with E-state index < -0.39 is 0 Å². The molecule has 1 aromatic carbocycles. The number of methoxy groups -OCH3 is 3. The fourth-order valence-electron chi connectivity index (χ4n) is 2.87. The smallest absolute Gasteiger partial charge is 0.278 e. The predicted octanol–water partition coefficient (Wildman–Crippen LogP) is 2.33. The Morgan fingerprint density at radius 3 is 2.41 bits per heavy atom. The Kier molecular flexibility index (Phi) is 6.02. The Hall–Kier alpha value is -3.14. The van der Waals surface area contributed by atoms with E-state index in [1.807, 2.05) is 6.92 Å². The van der Waals surface area contributed by atoms with E-state index >= 15 is 0 Å². The number of rotatable bonds is 7. The van der Waals surface area contributed by atoms with Crippen molar-refractivity contribution in [2.45, 2.75) is 12.1 Å². The summed E-state index contributed by atoms with van der Waals surface area (Å²) in [6.45, 7) is 1.86. The van der Waals surface area contributed by atoms with Crippen molar-refractivity contribution >= 4 is 34.4 Å². The van der Waals surface area contributed by atoms with Gasteiger partial charge in [-0.3, -0.25) is 14.2 Å². The summed E-state index contributed by atoms with van der Waals surface area (Å²) in [6, 6.07) is 5.09. The lowest BCUT2D eigenvalue weighted by molar-refractivity contribution is -0.113. The van der Waals surface area contributed by atoms with E-state index in [0.717, 1.165) is 5.69 Å². The number of nitrogens with zero attached hydrogens (tertiary/aromatic N) is 2. The molecule has 9 nitrogen and oxygen atoms in total. The second-order valence-corrected chi connectivity index (χ2v) is 7.16. The van der Waals surface area contributed by atoms with Crippen molar-refractivity contribution in [2.75, 3.05) is 32.4 Å². The highest BCUT2D eigenvalue weighted by Gasteiger charge is 2.16. The van der Waals surface area contributed by atoms with Crippen LogP contribution >= 0.6 is 11.8 Å². The van der Waals surface area contributed by atoms with Gasteiger partial charge in [-0.05, 0) is 13.0 Å². The average molecular weight is 418 g/mol. The van der Waals surface area contributed by atoms with Crippen molar-refractivity contribution < 1.29 is 19.0 Å². The number of benzene rings is 1. The topological polar surface area (TPSA) is 107 Å². The third-order valence-corrected chi connectivity index (χ3v) is 5.26. The van der Waals surface area contributed by atoms with Gasteiger partial charge in [0.15, 0.2) is 16.7 Å². The second-order valence-electron chi connectivity index (χ2n) is 6.22. The zero-order chi connectivity index (χ0) is 21.1. The third kappa shape index (κ3) is 4.16. The number of H-pyrrole nitrogens is 1.